The number of carbonyl (C=O) groups is 1. The van der Waals surface area contributed by atoms with Crippen molar-refractivity contribution in [2.45, 2.75) is 39.3 Å². The van der Waals surface area contributed by atoms with Gasteiger partial charge in [0.25, 0.3) is 0 Å². The molecule has 1 N–H and O–H groups in total. The summed E-state index contributed by atoms with van der Waals surface area (Å²) in [6.07, 6.45) is 3.42. The van der Waals surface area contributed by atoms with E-state index in [1.54, 1.807) is 12.1 Å². The van der Waals surface area contributed by atoms with E-state index in [4.69, 9.17) is 9.94 Å². The van der Waals surface area contributed by atoms with Crippen LogP contribution >= 0.6 is 0 Å². The van der Waals surface area contributed by atoms with Gasteiger partial charge in [0.1, 0.15) is 0 Å². The molecule has 0 bridgehead atoms. The molecule has 0 saturated heterocycles. The van der Waals surface area contributed by atoms with E-state index >= 15 is 0 Å². The summed E-state index contributed by atoms with van der Waals surface area (Å²) >= 11 is 0. The highest BCUT2D eigenvalue weighted by atomic mass is 16.7. The van der Waals surface area contributed by atoms with Crippen LogP contribution in [0.1, 0.15) is 47.7 Å². The van der Waals surface area contributed by atoms with Crippen molar-refractivity contribution >= 4 is 5.97 Å². The Morgan fingerprint density at radius 3 is 2.33 bits per heavy atom. The zero-order valence-electron chi connectivity index (χ0n) is 14.1. The molecule has 24 heavy (non-hydrogen) atoms. The summed E-state index contributed by atoms with van der Waals surface area (Å²) < 4.78 is 0. The first-order chi connectivity index (χ1) is 11.7. The molecular formula is C20H25NO3. The SMILES string of the molecule is CCCCCN(Cc1ccc(C(=O)O)cc1)OCc1ccccc1. The quantitative estimate of drug-likeness (QED) is 0.515. The standard InChI is InChI=1S/C20H25NO3/c1-2-3-7-14-21(24-16-18-8-5-4-6-9-18)15-17-10-12-19(13-11-17)20(22)23/h4-6,8-13H,2-3,7,14-16H2,1H3,(H,22,23). The van der Waals surface area contributed by atoms with E-state index < -0.39 is 5.97 Å². The number of nitrogens with zero attached hydrogens (tertiary/aromatic N) is 1. The molecule has 4 nitrogen and oxygen atoms in total. The molecule has 0 aliphatic rings. The molecule has 128 valence electrons. The lowest BCUT2D eigenvalue weighted by Gasteiger charge is -2.22. The number of hydroxylamine groups is 2. The van der Waals surface area contributed by atoms with Gasteiger partial charge in [0, 0.05) is 13.1 Å². The molecule has 0 aromatic heterocycles. The van der Waals surface area contributed by atoms with Crippen LogP contribution in [0, 0.1) is 0 Å². The third kappa shape index (κ3) is 6.14. The molecule has 0 radical (unpaired) electrons. The lowest BCUT2D eigenvalue weighted by atomic mass is 10.1. The van der Waals surface area contributed by atoms with Gasteiger partial charge in [0.2, 0.25) is 0 Å². The molecule has 0 saturated carbocycles. The Labute approximate surface area is 143 Å². The number of hydrogen-bond donors (Lipinski definition) is 1. The van der Waals surface area contributed by atoms with Crippen molar-refractivity contribution in [3.8, 4) is 0 Å². The van der Waals surface area contributed by atoms with E-state index in [0.29, 0.717) is 18.7 Å². The Morgan fingerprint density at radius 2 is 1.71 bits per heavy atom. The van der Waals surface area contributed by atoms with E-state index in [9.17, 15) is 4.79 Å². The Hall–Kier alpha value is -2.17. The van der Waals surface area contributed by atoms with Crippen LogP contribution in [-0.4, -0.2) is 22.7 Å². The maximum Gasteiger partial charge on any atom is 0.335 e. The number of carboxylic acid groups (broad SMARTS) is 1. The fourth-order valence-electron chi connectivity index (χ4n) is 2.42. The number of aromatic carboxylic acids is 1. The van der Waals surface area contributed by atoms with Gasteiger partial charge in [0.05, 0.1) is 12.2 Å². The van der Waals surface area contributed by atoms with Crippen LogP contribution < -0.4 is 0 Å². The molecule has 0 spiro atoms. The van der Waals surface area contributed by atoms with Crippen LogP contribution in [0.15, 0.2) is 54.6 Å². The third-order valence-electron chi connectivity index (χ3n) is 3.83. The number of rotatable bonds is 10. The lowest BCUT2D eigenvalue weighted by Crippen LogP contribution is -2.24. The Kier molecular flexibility index (Phi) is 7.46. The van der Waals surface area contributed by atoms with Crippen molar-refractivity contribution in [3.05, 3.63) is 71.3 Å². The van der Waals surface area contributed by atoms with Crippen LogP contribution in [0.3, 0.4) is 0 Å². The van der Waals surface area contributed by atoms with E-state index in [-0.39, 0.29) is 0 Å². The fraction of sp³-hybridized carbons (Fsp3) is 0.350. The number of unbranched alkanes of at least 4 members (excludes halogenated alkanes) is 2. The molecule has 0 aliphatic heterocycles. The minimum absolute atomic E-state index is 0.307. The maximum atomic E-state index is 10.9. The van der Waals surface area contributed by atoms with Crippen molar-refractivity contribution in [3.63, 3.8) is 0 Å². The van der Waals surface area contributed by atoms with Crippen LogP contribution in [0.4, 0.5) is 0 Å². The van der Waals surface area contributed by atoms with Crippen molar-refractivity contribution in [1.29, 1.82) is 0 Å². The Bertz CT molecular complexity index is 611. The van der Waals surface area contributed by atoms with Gasteiger partial charge in [-0.3, -0.25) is 4.84 Å². The molecule has 2 aromatic carbocycles. The molecule has 0 unspecified atom stereocenters. The molecule has 0 amide bonds. The van der Waals surface area contributed by atoms with Crippen LogP contribution in [0.5, 0.6) is 0 Å². The van der Waals surface area contributed by atoms with Crippen molar-refractivity contribution < 1.29 is 14.7 Å². The van der Waals surface area contributed by atoms with Gasteiger partial charge in [-0.05, 0) is 29.7 Å². The van der Waals surface area contributed by atoms with Crippen LogP contribution in [0.25, 0.3) is 0 Å². The highest BCUT2D eigenvalue weighted by molar-refractivity contribution is 5.87. The highest BCUT2D eigenvalue weighted by Gasteiger charge is 2.08. The Balaban J connectivity index is 1.95. The zero-order valence-corrected chi connectivity index (χ0v) is 14.1. The number of hydrogen-bond acceptors (Lipinski definition) is 3. The monoisotopic (exact) mass is 327 g/mol. The molecule has 2 aromatic rings. The second-order valence-electron chi connectivity index (χ2n) is 5.83. The van der Waals surface area contributed by atoms with Gasteiger partial charge < -0.3 is 5.11 Å². The third-order valence-corrected chi connectivity index (χ3v) is 3.83. The highest BCUT2D eigenvalue weighted by Crippen LogP contribution is 2.12. The normalized spacial score (nSPS) is 10.9. The summed E-state index contributed by atoms with van der Waals surface area (Å²) in [6.45, 7) is 4.23. The molecule has 0 atom stereocenters. The van der Waals surface area contributed by atoms with E-state index in [1.165, 1.54) is 12.8 Å². The zero-order chi connectivity index (χ0) is 17.2. The number of benzene rings is 2. The molecule has 4 heteroatoms. The smallest absolute Gasteiger partial charge is 0.335 e. The molecular weight excluding hydrogens is 302 g/mol. The lowest BCUT2D eigenvalue weighted by molar-refractivity contribution is -0.177. The maximum absolute atomic E-state index is 10.9. The van der Waals surface area contributed by atoms with Gasteiger partial charge in [-0.25, -0.2) is 4.79 Å². The van der Waals surface area contributed by atoms with Gasteiger partial charge in [-0.15, -0.1) is 0 Å². The van der Waals surface area contributed by atoms with E-state index in [1.807, 2.05) is 47.5 Å². The summed E-state index contributed by atoms with van der Waals surface area (Å²) in [5, 5.41) is 10.9. The van der Waals surface area contributed by atoms with Crippen molar-refractivity contribution in [2.75, 3.05) is 6.54 Å². The van der Waals surface area contributed by atoms with Gasteiger partial charge in [-0.1, -0.05) is 62.2 Å². The summed E-state index contributed by atoms with van der Waals surface area (Å²) in [7, 11) is 0. The summed E-state index contributed by atoms with van der Waals surface area (Å²) in [4.78, 5) is 16.9. The predicted octanol–water partition coefficient (Wildman–Crippen LogP) is 4.51. The van der Waals surface area contributed by atoms with Gasteiger partial charge in [0.15, 0.2) is 0 Å². The first-order valence-corrected chi connectivity index (χ1v) is 8.43. The van der Waals surface area contributed by atoms with Crippen molar-refractivity contribution in [1.82, 2.24) is 5.06 Å². The van der Waals surface area contributed by atoms with Crippen LogP contribution in [0.2, 0.25) is 0 Å². The fourth-order valence-corrected chi connectivity index (χ4v) is 2.42. The van der Waals surface area contributed by atoms with Crippen molar-refractivity contribution in [2.24, 2.45) is 0 Å². The number of carboxylic acids is 1. The second-order valence-corrected chi connectivity index (χ2v) is 5.83. The second kappa shape index (κ2) is 9.85. The van der Waals surface area contributed by atoms with Gasteiger partial charge >= 0.3 is 5.97 Å². The molecule has 0 aliphatic carbocycles. The summed E-state index contributed by atoms with van der Waals surface area (Å²) in [6, 6.07) is 17.1. The minimum Gasteiger partial charge on any atom is -0.478 e. The van der Waals surface area contributed by atoms with E-state index in [2.05, 4.69) is 6.92 Å². The average molecular weight is 327 g/mol. The summed E-state index contributed by atoms with van der Waals surface area (Å²) in [5.41, 5.74) is 2.49. The minimum atomic E-state index is -0.901. The van der Waals surface area contributed by atoms with Crippen LogP contribution in [-0.2, 0) is 18.0 Å². The largest absolute Gasteiger partial charge is 0.478 e. The Morgan fingerprint density at radius 1 is 1.00 bits per heavy atom. The summed E-state index contributed by atoms with van der Waals surface area (Å²) in [5.74, 6) is -0.901. The first kappa shape index (κ1) is 18.2. The first-order valence-electron chi connectivity index (χ1n) is 8.43. The molecule has 0 fully saturated rings. The van der Waals surface area contributed by atoms with Gasteiger partial charge in [-0.2, -0.15) is 5.06 Å². The van der Waals surface area contributed by atoms with E-state index in [0.717, 1.165) is 24.1 Å². The molecule has 0 heterocycles. The topological polar surface area (TPSA) is 49.8 Å². The average Bonchev–Trinajstić information content (AvgIpc) is 2.61. The molecule has 2 rings (SSSR count). The predicted molar refractivity (Wildman–Crippen MR) is 94.6 cm³/mol.